The molecule has 0 spiro atoms. The predicted octanol–water partition coefficient (Wildman–Crippen LogP) is 0.612. The number of rotatable bonds is 5. The van der Waals surface area contributed by atoms with E-state index in [0.29, 0.717) is 0 Å². The Morgan fingerprint density at radius 2 is 1.94 bits per heavy atom. The zero-order valence-corrected chi connectivity index (χ0v) is 9.35. The van der Waals surface area contributed by atoms with Gasteiger partial charge in [-0.3, -0.25) is 4.79 Å². The van der Waals surface area contributed by atoms with Crippen LogP contribution in [0.15, 0.2) is 24.3 Å². The van der Waals surface area contributed by atoms with Crippen LogP contribution in [0.25, 0.3) is 0 Å². The first-order valence-corrected chi connectivity index (χ1v) is 5.28. The molecule has 0 radical (unpaired) electrons. The molecule has 3 N–H and O–H groups in total. The van der Waals surface area contributed by atoms with Gasteiger partial charge in [0.2, 0.25) is 0 Å². The van der Waals surface area contributed by atoms with E-state index in [2.05, 4.69) is 6.92 Å². The zero-order valence-electron chi connectivity index (χ0n) is 9.35. The number of carbonyl (C=O) groups is 1. The fraction of sp³-hybridized carbons (Fsp3) is 0.417. The molecule has 0 aromatic heterocycles. The van der Waals surface area contributed by atoms with E-state index in [1.807, 2.05) is 24.3 Å². The molecule has 0 fully saturated rings. The van der Waals surface area contributed by atoms with Crippen molar-refractivity contribution in [3.05, 3.63) is 35.4 Å². The summed E-state index contributed by atoms with van der Waals surface area (Å²) in [6.45, 7) is 1.87. The van der Waals surface area contributed by atoms with E-state index in [1.165, 1.54) is 5.56 Å². The molecular formula is C12H17NO3. The van der Waals surface area contributed by atoms with E-state index >= 15 is 0 Å². The van der Waals surface area contributed by atoms with Gasteiger partial charge < -0.3 is 15.6 Å². The number of benzene rings is 1. The summed E-state index contributed by atoms with van der Waals surface area (Å²) >= 11 is 0. The lowest BCUT2D eigenvalue weighted by Crippen LogP contribution is -2.35. The lowest BCUT2D eigenvalue weighted by Gasteiger charge is -2.09. The summed E-state index contributed by atoms with van der Waals surface area (Å²) in [5.41, 5.74) is 7.45. The summed E-state index contributed by atoms with van der Waals surface area (Å²) in [7, 11) is 0. The first-order chi connectivity index (χ1) is 7.67. The van der Waals surface area contributed by atoms with E-state index in [-0.39, 0.29) is 6.61 Å². The Balaban J connectivity index is 2.45. The van der Waals surface area contributed by atoms with Gasteiger partial charge in [0.1, 0.15) is 12.6 Å². The van der Waals surface area contributed by atoms with Gasteiger partial charge in [-0.1, -0.05) is 31.2 Å². The van der Waals surface area contributed by atoms with Crippen molar-refractivity contribution < 1.29 is 14.6 Å². The van der Waals surface area contributed by atoms with Crippen LogP contribution in [-0.2, 0) is 22.6 Å². The topological polar surface area (TPSA) is 72.5 Å². The highest BCUT2D eigenvalue weighted by atomic mass is 16.5. The molecule has 0 saturated heterocycles. The summed E-state index contributed by atoms with van der Waals surface area (Å²) in [6, 6.07) is 6.87. The molecule has 0 bridgehead atoms. The monoisotopic (exact) mass is 223 g/mol. The molecule has 1 unspecified atom stereocenters. The van der Waals surface area contributed by atoms with Crippen LogP contribution in [0.1, 0.15) is 18.1 Å². The fourth-order valence-electron chi connectivity index (χ4n) is 1.21. The molecule has 0 heterocycles. The fourth-order valence-corrected chi connectivity index (χ4v) is 1.21. The molecule has 1 aromatic carbocycles. The van der Waals surface area contributed by atoms with Gasteiger partial charge in [-0.05, 0) is 17.5 Å². The molecule has 16 heavy (non-hydrogen) atoms. The van der Waals surface area contributed by atoms with Crippen molar-refractivity contribution in [2.75, 3.05) is 6.61 Å². The highest BCUT2D eigenvalue weighted by Gasteiger charge is 2.13. The lowest BCUT2D eigenvalue weighted by atomic mass is 10.1. The Morgan fingerprint density at radius 3 is 2.44 bits per heavy atom. The minimum atomic E-state index is -0.949. The molecule has 0 aliphatic rings. The van der Waals surface area contributed by atoms with Crippen molar-refractivity contribution in [1.82, 2.24) is 0 Å². The lowest BCUT2D eigenvalue weighted by molar-refractivity contribution is -0.147. The van der Waals surface area contributed by atoms with Crippen molar-refractivity contribution in [1.29, 1.82) is 0 Å². The second kappa shape index (κ2) is 6.25. The third kappa shape index (κ3) is 3.64. The Kier molecular flexibility index (Phi) is 4.95. The highest BCUT2D eigenvalue weighted by Crippen LogP contribution is 2.06. The Morgan fingerprint density at radius 1 is 1.38 bits per heavy atom. The second-order valence-electron chi connectivity index (χ2n) is 3.57. The van der Waals surface area contributed by atoms with Crippen LogP contribution in [-0.4, -0.2) is 23.7 Å². The van der Waals surface area contributed by atoms with Gasteiger partial charge in [0.15, 0.2) is 0 Å². The third-order valence-corrected chi connectivity index (χ3v) is 2.31. The number of aliphatic hydroxyl groups is 1. The quantitative estimate of drug-likeness (QED) is 0.717. The first kappa shape index (κ1) is 12.7. The third-order valence-electron chi connectivity index (χ3n) is 2.31. The minimum Gasteiger partial charge on any atom is -0.460 e. The molecular weight excluding hydrogens is 206 g/mol. The van der Waals surface area contributed by atoms with Gasteiger partial charge in [0.25, 0.3) is 0 Å². The summed E-state index contributed by atoms with van der Waals surface area (Å²) < 4.78 is 4.93. The number of aryl methyl sites for hydroxylation is 1. The van der Waals surface area contributed by atoms with E-state index in [4.69, 9.17) is 15.6 Å². The summed E-state index contributed by atoms with van der Waals surface area (Å²) in [5.74, 6) is -0.581. The minimum absolute atomic E-state index is 0.191. The number of esters is 1. The van der Waals surface area contributed by atoms with E-state index in [1.54, 1.807) is 0 Å². The van der Waals surface area contributed by atoms with Gasteiger partial charge in [-0.15, -0.1) is 0 Å². The van der Waals surface area contributed by atoms with E-state index in [0.717, 1.165) is 12.0 Å². The summed E-state index contributed by atoms with van der Waals surface area (Å²) in [5, 5.41) is 8.64. The SMILES string of the molecule is CCc1ccc(COC(=O)C(N)CO)cc1. The maximum Gasteiger partial charge on any atom is 0.325 e. The van der Waals surface area contributed by atoms with E-state index < -0.39 is 18.6 Å². The molecule has 4 heteroatoms. The summed E-state index contributed by atoms with van der Waals surface area (Å²) in [6.07, 6.45) is 0.982. The molecule has 4 nitrogen and oxygen atoms in total. The number of carbonyl (C=O) groups excluding carboxylic acids is 1. The molecule has 1 aromatic rings. The molecule has 1 rings (SSSR count). The average molecular weight is 223 g/mol. The van der Waals surface area contributed by atoms with Crippen molar-refractivity contribution in [3.8, 4) is 0 Å². The van der Waals surface area contributed by atoms with Crippen molar-refractivity contribution in [3.63, 3.8) is 0 Å². The van der Waals surface area contributed by atoms with Crippen LogP contribution < -0.4 is 5.73 Å². The second-order valence-corrected chi connectivity index (χ2v) is 3.57. The van der Waals surface area contributed by atoms with Gasteiger partial charge >= 0.3 is 5.97 Å². The molecule has 0 aliphatic heterocycles. The van der Waals surface area contributed by atoms with Gasteiger partial charge in [-0.2, -0.15) is 0 Å². The largest absolute Gasteiger partial charge is 0.460 e. The normalized spacial score (nSPS) is 12.2. The molecule has 1 atom stereocenters. The van der Waals surface area contributed by atoms with Crippen molar-refractivity contribution in [2.45, 2.75) is 26.0 Å². The van der Waals surface area contributed by atoms with Crippen LogP contribution in [0, 0.1) is 0 Å². The van der Waals surface area contributed by atoms with Crippen LogP contribution in [0.3, 0.4) is 0 Å². The molecule has 88 valence electrons. The summed E-state index contributed by atoms with van der Waals surface area (Å²) in [4.78, 5) is 11.2. The van der Waals surface area contributed by atoms with Crippen molar-refractivity contribution >= 4 is 5.97 Å². The maximum absolute atomic E-state index is 11.2. The Bertz CT molecular complexity index is 335. The van der Waals surface area contributed by atoms with Crippen LogP contribution in [0.5, 0.6) is 0 Å². The number of aliphatic hydroxyl groups excluding tert-OH is 1. The number of ether oxygens (including phenoxy) is 1. The van der Waals surface area contributed by atoms with Crippen LogP contribution in [0.4, 0.5) is 0 Å². The number of hydrogen-bond acceptors (Lipinski definition) is 4. The average Bonchev–Trinajstić information content (AvgIpc) is 2.35. The van der Waals surface area contributed by atoms with Gasteiger partial charge in [-0.25, -0.2) is 0 Å². The van der Waals surface area contributed by atoms with Crippen molar-refractivity contribution in [2.24, 2.45) is 5.73 Å². The smallest absolute Gasteiger partial charge is 0.325 e. The zero-order chi connectivity index (χ0) is 12.0. The predicted molar refractivity (Wildman–Crippen MR) is 60.7 cm³/mol. The highest BCUT2D eigenvalue weighted by molar-refractivity contribution is 5.75. The number of nitrogens with two attached hydrogens (primary N) is 1. The first-order valence-electron chi connectivity index (χ1n) is 5.28. The van der Waals surface area contributed by atoms with Crippen LogP contribution >= 0.6 is 0 Å². The maximum atomic E-state index is 11.2. The van der Waals surface area contributed by atoms with Gasteiger partial charge in [0.05, 0.1) is 6.61 Å². The Labute approximate surface area is 95.0 Å². The van der Waals surface area contributed by atoms with E-state index in [9.17, 15) is 4.79 Å². The van der Waals surface area contributed by atoms with Crippen LogP contribution in [0.2, 0.25) is 0 Å². The standard InChI is InChI=1S/C12H17NO3/c1-2-9-3-5-10(6-4-9)8-16-12(15)11(13)7-14/h3-6,11,14H,2,7-8,13H2,1H3. The molecule has 0 amide bonds. The Hall–Kier alpha value is -1.39. The van der Waals surface area contributed by atoms with Gasteiger partial charge in [0, 0.05) is 0 Å². The number of hydrogen-bond donors (Lipinski definition) is 2. The molecule has 0 saturated carbocycles. The molecule has 0 aliphatic carbocycles.